The van der Waals surface area contributed by atoms with Crippen molar-refractivity contribution in [2.24, 2.45) is 0 Å². The second-order valence-corrected chi connectivity index (χ2v) is 8.58. The van der Waals surface area contributed by atoms with Gasteiger partial charge in [0.05, 0.1) is 0 Å². The number of benzene rings is 2. The van der Waals surface area contributed by atoms with E-state index in [1.165, 1.54) is 11.1 Å². The lowest BCUT2D eigenvalue weighted by Crippen LogP contribution is -2.23. The number of hydrogen-bond donors (Lipinski definition) is 0. The highest BCUT2D eigenvalue weighted by atomic mass is 31.0. The van der Waals surface area contributed by atoms with Crippen LogP contribution < -0.4 is 5.30 Å². The van der Waals surface area contributed by atoms with Crippen LogP contribution >= 0.6 is 9.24 Å². The molecule has 2 heteroatoms. The van der Waals surface area contributed by atoms with Crippen LogP contribution in [-0.2, 0) is 5.41 Å². The summed E-state index contributed by atoms with van der Waals surface area (Å²) in [5.74, 6) is 0.149. The Kier molecular flexibility index (Phi) is 5.07. The van der Waals surface area contributed by atoms with Gasteiger partial charge in [-0.1, -0.05) is 44.5 Å². The van der Waals surface area contributed by atoms with Gasteiger partial charge in [0.1, 0.15) is 0 Å². The predicted molar refractivity (Wildman–Crippen MR) is 108 cm³/mol. The van der Waals surface area contributed by atoms with Crippen LogP contribution in [0.5, 0.6) is 0 Å². The lowest BCUT2D eigenvalue weighted by molar-refractivity contribution is 0.103. The molecule has 0 N–H and O–H groups in total. The molecule has 0 spiro atoms. The van der Waals surface area contributed by atoms with E-state index in [2.05, 4.69) is 69.0 Å². The Morgan fingerprint density at radius 2 is 1.33 bits per heavy atom. The molecule has 0 fully saturated rings. The van der Waals surface area contributed by atoms with E-state index >= 15 is 0 Å². The van der Waals surface area contributed by atoms with E-state index in [-0.39, 0.29) is 11.2 Å². The number of rotatable bonds is 2. The van der Waals surface area contributed by atoms with E-state index in [0.717, 1.165) is 38.7 Å². The van der Waals surface area contributed by atoms with Gasteiger partial charge in [0.15, 0.2) is 5.78 Å². The van der Waals surface area contributed by atoms with Gasteiger partial charge in [0.2, 0.25) is 0 Å². The molecule has 0 radical (unpaired) electrons. The topological polar surface area (TPSA) is 17.1 Å². The van der Waals surface area contributed by atoms with Crippen LogP contribution in [0.15, 0.2) is 18.2 Å². The highest BCUT2D eigenvalue weighted by Crippen LogP contribution is 2.32. The Labute approximate surface area is 149 Å². The minimum absolute atomic E-state index is 0.0780. The van der Waals surface area contributed by atoms with Crippen LogP contribution in [-0.4, -0.2) is 5.78 Å². The van der Waals surface area contributed by atoms with Crippen molar-refractivity contribution in [2.45, 2.75) is 60.8 Å². The summed E-state index contributed by atoms with van der Waals surface area (Å²) in [6, 6.07) is 6.38. The first-order chi connectivity index (χ1) is 10.9. The van der Waals surface area contributed by atoms with Gasteiger partial charge in [0.25, 0.3) is 0 Å². The summed E-state index contributed by atoms with van der Waals surface area (Å²) < 4.78 is 0. The molecule has 0 aliphatic carbocycles. The Morgan fingerprint density at radius 1 is 0.833 bits per heavy atom. The Hall–Kier alpha value is -1.46. The first kappa shape index (κ1) is 18.9. The van der Waals surface area contributed by atoms with Gasteiger partial charge in [0, 0.05) is 11.1 Å². The minimum Gasteiger partial charge on any atom is -0.289 e. The fraction of sp³-hybridized carbons (Fsp3) is 0.409. The largest absolute Gasteiger partial charge is 0.289 e. The summed E-state index contributed by atoms with van der Waals surface area (Å²) >= 11 is 0. The van der Waals surface area contributed by atoms with E-state index in [1.807, 2.05) is 13.8 Å². The van der Waals surface area contributed by atoms with E-state index in [0.29, 0.717) is 0 Å². The summed E-state index contributed by atoms with van der Waals surface area (Å²) in [6.07, 6.45) is 0. The maximum Gasteiger partial charge on any atom is 0.194 e. The van der Waals surface area contributed by atoms with Crippen LogP contribution in [0, 0.1) is 34.6 Å². The molecule has 128 valence electrons. The average Bonchev–Trinajstić information content (AvgIpc) is 2.41. The summed E-state index contributed by atoms with van der Waals surface area (Å²) in [7, 11) is 2.80. The molecule has 0 aliphatic rings. The second kappa shape index (κ2) is 6.45. The lowest BCUT2D eigenvalue weighted by atomic mass is 9.78. The highest BCUT2D eigenvalue weighted by molar-refractivity contribution is 7.27. The van der Waals surface area contributed by atoms with E-state index in [9.17, 15) is 4.79 Å². The van der Waals surface area contributed by atoms with E-state index < -0.39 is 0 Å². The van der Waals surface area contributed by atoms with Gasteiger partial charge >= 0.3 is 0 Å². The van der Waals surface area contributed by atoms with Gasteiger partial charge in [-0.05, 0) is 73.2 Å². The third-order valence-electron chi connectivity index (χ3n) is 4.77. The average molecular weight is 340 g/mol. The number of ketones is 1. The summed E-state index contributed by atoms with van der Waals surface area (Å²) in [6.45, 7) is 16.9. The molecule has 1 nitrogen and oxygen atoms in total. The van der Waals surface area contributed by atoms with Crippen molar-refractivity contribution in [1.82, 2.24) is 0 Å². The first-order valence-electron chi connectivity index (χ1n) is 8.47. The smallest absolute Gasteiger partial charge is 0.194 e. The molecule has 0 heterocycles. The maximum absolute atomic E-state index is 13.5. The van der Waals surface area contributed by atoms with Crippen molar-refractivity contribution >= 4 is 20.3 Å². The second-order valence-electron chi connectivity index (χ2n) is 8.01. The molecule has 0 saturated heterocycles. The molecule has 1 unspecified atom stereocenters. The first-order valence-corrected chi connectivity index (χ1v) is 9.05. The van der Waals surface area contributed by atoms with Crippen LogP contribution in [0.1, 0.15) is 70.1 Å². The van der Waals surface area contributed by atoms with Crippen LogP contribution in [0.25, 0.3) is 0 Å². The maximum atomic E-state index is 13.5. The van der Waals surface area contributed by atoms with E-state index in [4.69, 9.17) is 0 Å². The summed E-state index contributed by atoms with van der Waals surface area (Å²) in [4.78, 5) is 13.5. The number of carbonyl (C=O) groups is 1. The zero-order valence-corrected chi connectivity index (χ0v) is 17.4. The Balaban J connectivity index is 2.82. The standard InChI is InChI=1S/C22H29OP/c1-12-9-13(2)18(14(3)10-12)20(23)19-16(5)21(24)15(4)11-17(19)22(6,7)8/h9-11H,24H2,1-8H3. The van der Waals surface area contributed by atoms with Gasteiger partial charge in [-0.2, -0.15) is 0 Å². The van der Waals surface area contributed by atoms with Crippen LogP contribution in [0.2, 0.25) is 0 Å². The lowest BCUT2D eigenvalue weighted by Gasteiger charge is -2.26. The predicted octanol–water partition coefficient (Wildman–Crippen LogP) is 5.26. The van der Waals surface area contributed by atoms with Gasteiger partial charge in [-0.15, -0.1) is 9.24 Å². The molecule has 0 amide bonds. The number of hydrogen-bond acceptors (Lipinski definition) is 1. The normalized spacial score (nSPS) is 11.7. The van der Waals surface area contributed by atoms with Crippen molar-refractivity contribution in [2.75, 3.05) is 0 Å². The molecule has 2 aromatic carbocycles. The third-order valence-corrected chi connectivity index (χ3v) is 5.66. The zero-order valence-electron chi connectivity index (χ0n) is 16.2. The molecule has 0 aromatic heterocycles. The van der Waals surface area contributed by atoms with E-state index in [1.54, 1.807) is 0 Å². The molecule has 0 aliphatic heterocycles. The molecule has 24 heavy (non-hydrogen) atoms. The molecule has 2 aromatic rings. The van der Waals surface area contributed by atoms with Crippen LogP contribution in [0.4, 0.5) is 0 Å². The van der Waals surface area contributed by atoms with Crippen molar-refractivity contribution in [3.8, 4) is 0 Å². The zero-order chi connectivity index (χ0) is 18.4. The van der Waals surface area contributed by atoms with Gasteiger partial charge < -0.3 is 0 Å². The monoisotopic (exact) mass is 340 g/mol. The van der Waals surface area contributed by atoms with Gasteiger partial charge in [-0.25, -0.2) is 0 Å². The quantitative estimate of drug-likeness (QED) is 0.538. The Morgan fingerprint density at radius 3 is 1.79 bits per heavy atom. The Bertz CT molecular complexity index is 800. The number of aryl methyl sites for hydroxylation is 4. The SMILES string of the molecule is Cc1cc(C)c(C(=O)c2c(C(C)(C)C)cc(C)c(P)c2C)c(C)c1. The summed E-state index contributed by atoms with van der Waals surface area (Å²) in [5.41, 5.74) is 8.38. The van der Waals surface area contributed by atoms with Gasteiger partial charge in [-0.3, -0.25) is 4.79 Å². The van der Waals surface area contributed by atoms with Crippen LogP contribution in [0.3, 0.4) is 0 Å². The fourth-order valence-corrected chi connectivity index (χ4v) is 3.77. The third kappa shape index (κ3) is 3.33. The molecular formula is C22H29OP. The van der Waals surface area contributed by atoms with Crippen molar-refractivity contribution in [1.29, 1.82) is 0 Å². The minimum atomic E-state index is -0.0780. The van der Waals surface area contributed by atoms with Crippen molar-refractivity contribution in [3.05, 3.63) is 62.7 Å². The molecule has 0 saturated carbocycles. The highest BCUT2D eigenvalue weighted by Gasteiger charge is 2.27. The molecule has 0 bridgehead atoms. The number of carbonyl (C=O) groups excluding carboxylic acids is 1. The fourth-order valence-electron chi connectivity index (χ4n) is 3.55. The van der Waals surface area contributed by atoms with Crippen molar-refractivity contribution < 1.29 is 4.79 Å². The molecule has 1 atom stereocenters. The molecular weight excluding hydrogens is 311 g/mol. The van der Waals surface area contributed by atoms with Crippen molar-refractivity contribution in [3.63, 3.8) is 0 Å². The molecule has 2 rings (SSSR count). The summed E-state index contributed by atoms with van der Waals surface area (Å²) in [5, 5.41) is 1.13.